The molecular formula is C23H30N8O. The van der Waals surface area contributed by atoms with E-state index in [1.165, 1.54) is 0 Å². The summed E-state index contributed by atoms with van der Waals surface area (Å²) < 4.78 is 2.08. The predicted octanol–water partition coefficient (Wildman–Crippen LogP) is 2.65. The minimum Gasteiger partial charge on any atom is -0.368 e. The van der Waals surface area contributed by atoms with Gasteiger partial charge in [-0.2, -0.15) is 4.98 Å². The van der Waals surface area contributed by atoms with Gasteiger partial charge in [0.2, 0.25) is 5.95 Å². The van der Waals surface area contributed by atoms with E-state index in [4.69, 9.17) is 4.98 Å². The lowest BCUT2D eigenvalue weighted by Crippen LogP contribution is -2.44. The van der Waals surface area contributed by atoms with Crippen LogP contribution in [0, 0.1) is 5.92 Å². The largest absolute Gasteiger partial charge is 0.368 e. The maximum Gasteiger partial charge on any atom is 0.268 e. The summed E-state index contributed by atoms with van der Waals surface area (Å²) >= 11 is 0. The summed E-state index contributed by atoms with van der Waals surface area (Å²) in [7, 11) is 2.15. The molecule has 0 spiro atoms. The molecule has 9 heteroatoms. The van der Waals surface area contributed by atoms with E-state index in [0.29, 0.717) is 29.9 Å². The van der Waals surface area contributed by atoms with Gasteiger partial charge in [-0.05, 0) is 31.2 Å². The topological polar surface area (TPSA) is 91.2 Å². The molecule has 32 heavy (non-hydrogen) atoms. The predicted molar refractivity (Wildman–Crippen MR) is 126 cm³/mol. The molecule has 5 heterocycles. The maximum atomic E-state index is 12.5. The Morgan fingerprint density at radius 2 is 2.00 bits per heavy atom. The number of pyridine rings is 1. The summed E-state index contributed by atoms with van der Waals surface area (Å²) in [6, 6.07) is 6.10. The number of carbonyl (C=O) groups excluding carboxylic acids is 1. The van der Waals surface area contributed by atoms with Crippen molar-refractivity contribution in [3.05, 3.63) is 36.3 Å². The minimum absolute atomic E-state index is 0.0572. The van der Waals surface area contributed by atoms with Crippen molar-refractivity contribution in [1.82, 2.24) is 29.7 Å². The quantitative estimate of drug-likeness (QED) is 0.638. The van der Waals surface area contributed by atoms with Gasteiger partial charge in [-0.3, -0.25) is 4.79 Å². The Hall–Kier alpha value is -3.20. The molecule has 1 fully saturated rings. The summed E-state index contributed by atoms with van der Waals surface area (Å²) in [5.74, 6) is 1.54. The van der Waals surface area contributed by atoms with Crippen LogP contribution in [0.2, 0.25) is 0 Å². The van der Waals surface area contributed by atoms with Crippen LogP contribution in [0.1, 0.15) is 36.8 Å². The molecule has 9 nitrogen and oxygen atoms in total. The van der Waals surface area contributed by atoms with Crippen LogP contribution in [0.3, 0.4) is 0 Å². The van der Waals surface area contributed by atoms with Gasteiger partial charge < -0.3 is 25.0 Å². The van der Waals surface area contributed by atoms with Crippen LogP contribution >= 0.6 is 0 Å². The van der Waals surface area contributed by atoms with E-state index < -0.39 is 0 Å². The number of carbonyl (C=O) groups is 1. The Bertz CT molecular complexity index is 1120. The fourth-order valence-corrected chi connectivity index (χ4v) is 4.51. The molecule has 2 atom stereocenters. The molecule has 2 N–H and O–H groups in total. The van der Waals surface area contributed by atoms with Crippen molar-refractivity contribution in [2.24, 2.45) is 5.92 Å². The Morgan fingerprint density at radius 3 is 2.72 bits per heavy atom. The monoisotopic (exact) mass is 434 g/mol. The first-order valence-electron chi connectivity index (χ1n) is 11.4. The molecule has 0 aromatic carbocycles. The third kappa shape index (κ3) is 3.77. The van der Waals surface area contributed by atoms with Crippen LogP contribution < -0.4 is 15.5 Å². The van der Waals surface area contributed by atoms with Crippen LogP contribution in [0.15, 0.2) is 30.6 Å². The lowest BCUT2D eigenvalue weighted by Gasteiger charge is -2.33. The van der Waals surface area contributed by atoms with Gasteiger partial charge in [0.15, 0.2) is 0 Å². The first-order valence-corrected chi connectivity index (χ1v) is 11.4. The van der Waals surface area contributed by atoms with Crippen molar-refractivity contribution in [3.8, 4) is 0 Å². The summed E-state index contributed by atoms with van der Waals surface area (Å²) in [6.07, 6.45) is 4.70. The Labute approximate surface area is 187 Å². The van der Waals surface area contributed by atoms with Crippen LogP contribution in [-0.2, 0) is 0 Å². The smallest absolute Gasteiger partial charge is 0.268 e. The van der Waals surface area contributed by atoms with E-state index in [1.54, 1.807) is 6.20 Å². The first kappa shape index (κ1) is 20.7. The number of aromatic nitrogens is 4. The van der Waals surface area contributed by atoms with Crippen LogP contribution in [0.4, 0.5) is 17.5 Å². The molecule has 0 saturated carbocycles. The van der Waals surface area contributed by atoms with Gasteiger partial charge in [-0.25, -0.2) is 9.97 Å². The molecule has 1 amide bonds. The Balaban J connectivity index is 1.40. The highest BCUT2D eigenvalue weighted by Gasteiger charge is 2.30. The van der Waals surface area contributed by atoms with E-state index in [0.717, 1.165) is 49.3 Å². The van der Waals surface area contributed by atoms with Gasteiger partial charge >= 0.3 is 0 Å². The third-order valence-corrected chi connectivity index (χ3v) is 6.77. The highest BCUT2D eigenvalue weighted by atomic mass is 16.2. The number of hydrogen-bond acceptors (Lipinski definition) is 7. The number of anilines is 3. The van der Waals surface area contributed by atoms with E-state index in [-0.39, 0.29) is 11.9 Å². The number of piperazine rings is 1. The summed E-state index contributed by atoms with van der Waals surface area (Å²) in [4.78, 5) is 30.9. The van der Waals surface area contributed by atoms with Crippen molar-refractivity contribution in [3.63, 3.8) is 0 Å². The average molecular weight is 435 g/mol. The van der Waals surface area contributed by atoms with Gasteiger partial charge in [-0.15, -0.1) is 0 Å². The zero-order valence-electron chi connectivity index (χ0n) is 18.9. The molecule has 0 aliphatic carbocycles. The van der Waals surface area contributed by atoms with Crippen molar-refractivity contribution >= 4 is 34.4 Å². The molecule has 1 unspecified atom stereocenters. The molecule has 0 radical (unpaired) electrons. The molecule has 168 valence electrons. The van der Waals surface area contributed by atoms with E-state index >= 15 is 0 Å². The van der Waals surface area contributed by atoms with Crippen molar-refractivity contribution < 1.29 is 4.79 Å². The van der Waals surface area contributed by atoms with Crippen LogP contribution in [-0.4, -0.2) is 70.1 Å². The molecular weight excluding hydrogens is 404 g/mol. The first-order chi connectivity index (χ1) is 15.5. The van der Waals surface area contributed by atoms with Gasteiger partial charge in [0.25, 0.3) is 5.91 Å². The van der Waals surface area contributed by atoms with Crippen LogP contribution in [0.5, 0.6) is 0 Å². The summed E-state index contributed by atoms with van der Waals surface area (Å²) in [5, 5.41) is 7.11. The summed E-state index contributed by atoms with van der Waals surface area (Å²) in [6.45, 7) is 9.14. The van der Waals surface area contributed by atoms with Gasteiger partial charge in [0, 0.05) is 44.3 Å². The van der Waals surface area contributed by atoms with Crippen molar-refractivity contribution in [1.29, 1.82) is 0 Å². The number of nitrogens with one attached hydrogen (secondary N) is 2. The number of likely N-dealkylation sites (N-methyl/N-ethyl adjacent to an activating group) is 1. The highest BCUT2D eigenvalue weighted by Crippen LogP contribution is 2.31. The zero-order chi connectivity index (χ0) is 22.2. The van der Waals surface area contributed by atoms with Crippen molar-refractivity contribution in [2.45, 2.75) is 26.3 Å². The fraction of sp³-hybridized carbons (Fsp3) is 0.478. The normalized spacial score (nSPS) is 20.2. The third-order valence-electron chi connectivity index (χ3n) is 6.77. The Kier molecular flexibility index (Phi) is 5.42. The van der Waals surface area contributed by atoms with E-state index in [1.807, 2.05) is 18.3 Å². The Morgan fingerprint density at radius 1 is 1.19 bits per heavy atom. The van der Waals surface area contributed by atoms with Gasteiger partial charge in [-0.1, -0.05) is 20.3 Å². The molecule has 1 saturated heterocycles. The minimum atomic E-state index is -0.0572. The number of hydrogen-bond donors (Lipinski definition) is 2. The second-order valence-corrected chi connectivity index (χ2v) is 8.85. The summed E-state index contributed by atoms with van der Waals surface area (Å²) in [5.41, 5.74) is 2.56. The standard InChI is InChI=1S/C23H30N8O/c1-4-15(2)19-14-25-22(32)18-11-16-12-26-23(28-21(16)31(18)19)27-20-6-5-17(13-24-20)30-9-7-29(3)8-10-30/h5-6,11-13,15,19H,4,7-10,14H2,1-3H3,(H,25,32)(H,24,26,27,28)/t15-,19?/m0/s1. The average Bonchev–Trinajstić information content (AvgIpc) is 3.20. The lowest BCUT2D eigenvalue weighted by molar-refractivity contribution is 0.0904. The lowest BCUT2D eigenvalue weighted by atomic mass is 9.97. The number of nitrogens with zero attached hydrogens (tertiary/aromatic N) is 6. The number of rotatable bonds is 5. The number of amides is 1. The molecule has 3 aromatic heterocycles. The molecule has 5 rings (SSSR count). The molecule has 3 aromatic rings. The van der Waals surface area contributed by atoms with Gasteiger partial charge in [0.1, 0.15) is 17.2 Å². The van der Waals surface area contributed by atoms with E-state index in [9.17, 15) is 4.79 Å². The number of fused-ring (bicyclic) bond motifs is 3. The van der Waals surface area contributed by atoms with Gasteiger partial charge in [0.05, 0.1) is 17.9 Å². The second-order valence-electron chi connectivity index (χ2n) is 8.85. The molecule has 2 aliphatic rings. The maximum absolute atomic E-state index is 12.5. The molecule has 0 bridgehead atoms. The zero-order valence-corrected chi connectivity index (χ0v) is 18.9. The molecule has 2 aliphatic heterocycles. The van der Waals surface area contributed by atoms with E-state index in [2.05, 4.69) is 61.9 Å². The highest BCUT2D eigenvalue weighted by molar-refractivity contribution is 5.98. The second kappa shape index (κ2) is 8.38. The van der Waals surface area contributed by atoms with Crippen molar-refractivity contribution in [2.75, 3.05) is 50.0 Å². The van der Waals surface area contributed by atoms with Crippen LogP contribution in [0.25, 0.3) is 11.0 Å². The SMILES string of the molecule is CC[C@H](C)C1CNC(=O)c2cc3cnc(Nc4ccc(N5CCN(C)CC5)cn4)nc3n21. The fourth-order valence-electron chi connectivity index (χ4n) is 4.51.